The molecule has 0 aromatic heterocycles. The zero-order chi connectivity index (χ0) is 24.1. The summed E-state index contributed by atoms with van der Waals surface area (Å²) in [5.41, 5.74) is 1.83. The van der Waals surface area contributed by atoms with Crippen LogP contribution < -0.4 is 5.32 Å². The van der Waals surface area contributed by atoms with Crippen molar-refractivity contribution in [1.82, 2.24) is 20.0 Å². The lowest BCUT2D eigenvalue weighted by Crippen LogP contribution is -2.53. The number of hydrogen-bond acceptors (Lipinski definition) is 4. The average Bonchev–Trinajstić information content (AvgIpc) is 3.30. The van der Waals surface area contributed by atoms with Gasteiger partial charge in [-0.25, -0.2) is 0 Å². The van der Waals surface area contributed by atoms with E-state index in [-0.39, 0.29) is 23.9 Å². The van der Waals surface area contributed by atoms with Crippen molar-refractivity contribution in [2.75, 3.05) is 45.8 Å². The molecule has 6 nitrogen and oxygen atoms in total. The van der Waals surface area contributed by atoms with Gasteiger partial charge in [-0.1, -0.05) is 50.8 Å². The summed E-state index contributed by atoms with van der Waals surface area (Å²) >= 11 is 0. The molecule has 2 aliphatic heterocycles. The molecule has 1 saturated carbocycles. The number of nitrogens with zero attached hydrogens (tertiary/aromatic N) is 3. The summed E-state index contributed by atoms with van der Waals surface area (Å²) < 4.78 is 0. The maximum Gasteiger partial charge on any atom is 0.254 e. The minimum Gasteiger partial charge on any atom is -0.338 e. The van der Waals surface area contributed by atoms with Crippen LogP contribution in [0.1, 0.15) is 68.3 Å². The lowest BCUT2D eigenvalue weighted by molar-refractivity contribution is -0.135. The predicted octanol–water partition coefficient (Wildman–Crippen LogP) is 3.55. The van der Waals surface area contributed by atoms with Crippen LogP contribution >= 0.6 is 0 Å². The van der Waals surface area contributed by atoms with Crippen molar-refractivity contribution < 1.29 is 9.59 Å². The number of rotatable bonds is 7. The molecule has 0 bridgehead atoms. The summed E-state index contributed by atoms with van der Waals surface area (Å²) in [4.78, 5) is 33.8. The molecule has 1 aliphatic carbocycles. The van der Waals surface area contributed by atoms with E-state index in [0.717, 1.165) is 57.2 Å². The first-order valence-electron chi connectivity index (χ1n) is 13.5. The van der Waals surface area contributed by atoms with E-state index in [1.807, 2.05) is 41.0 Å². The largest absolute Gasteiger partial charge is 0.338 e. The molecule has 0 radical (unpaired) electrons. The minimum absolute atomic E-state index is 0.00172. The van der Waals surface area contributed by atoms with Gasteiger partial charge in [0.25, 0.3) is 5.91 Å². The number of carbonyl (C=O) groups is 2. The number of nitrogens with one attached hydrogen (secondary N) is 1. The second-order valence-electron chi connectivity index (χ2n) is 11.2. The molecule has 2 unspecified atom stereocenters. The van der Waals surface area contributed by atoms with Gasteiger partial charge in [-0.05, 0) is 50.2 Å². The Kier molecular flexibility index (Phi) is 8.65. The molecule has 1 aromatic carbocycles. The van der Waals surface area contributed by atoms with Crippen LogP contribution in [-0.2, 0) is 4.79 Å². The van der Waals surface area contributed by atoms with Gasteiger partial charge in [0.1, 0.15) is 6.04 Å². The van der Waals surface area contributed by atoms with Gasteiger partial charge in [0, 0.05) is 57.4 Å². The first-order valence-corrected chi connectivity index (χ1v) is 13.5. The van der Waals surface area contributed by atoms with E-state index < -0.39 is 0 Å². The van der Waals surface area contributed by atoms with Crippen LogP contribution in [0.4, 0.5) is 0 Å². The lowest BCUT2D eigenvalue weighted by Gasteiger charge is -2.35. The first-order chi connectivity index (χ1) is 16.4. The Morgan fingerprint density at radius 1 is 1.06 bits per heavy atom. The van der Waals surface area contributed by atoms with Gasteiger partial charge in [-0.2, -0.15) is 0 Å². The third kappa shape index (κ3) is 6.19. The van der Waals surface area contributed by atoms with Crippen LogP contribution in [0.2, 0.25) is 0 Å². The molecule has 2 atom stereocenters. The van der Waals surface area contributed by atoms with Gasteiger partial charge in [-0.3, -0.25) is 14.5 Å². The average molecular weight is 469 g/mol. The van der Waals surface area contributed by atoms with E-state index in [9.17, 15) is 9.59 Å². The lowest BCUT2D eigenvalue weighted by atomic mass is 9.88. The van der Waals surface area contributed by atoms with Gasteiger partial charge < -0.3 is 15.1 Å². The summed E-state index contributed by atoms with van der Waals surface area (Å²) in [5, 5.41) is 3.34. The second kappa shape index (κ2) is 11.7. The zero-order valence-electron chi connectivity index (χ0n) is 21.5. The van der Waals surface area contributed by atoms with E-state index in [1.54, 1.807) is 0 Å². The number of hydrogen-bond donors (Lipinski definition) is 1. The highest BCUT2D eigenvalue weighted by Gasteiger charge is 2.44. The highest BCUT2D eigenvalue weighted by atomic mass is 16.2. The van der Waals surface area contributed by atoms with Crippen molar-refractivity contribution in [2.24, 2.45) is 11.8 Å². The zero-order valence-corrected chi connectivity index (χ0v) is 21.5. The van der Waals surface area contributed by atoms with Gasteiger partial charge in [0.15, 0.2) is 0 Å². The number of benzene rings is 1. The molecule has 2 saturated heterocycles. The van der Waals surface area contributed by atoms with Crippen LogP contribution in [0, 0.1) is 18.8 Å². The highest BCUT2D eigenvalue weighted by Crippen LogP contribution is 2.30. The summed E-state index contributed by atoms with van der Waals surface area (Å²) in [6, 6.07) is 7.68. The van der Waals surface area contributed by atoms with Crippen LogP contribution in [0.25, 0.3) is 0 Å². The van der Waals surface area contributed by atoms with Crippen molar-refractivity contribution in [3.05, 3.63) is 35.4 Å². The van der Waals surface area contributed by atoms with E-state index in [0.29, 0.717) is 18.0 Å². The van der Waals surface area contributed by atoms with Crippen molar-refractivity contribution in [3.63, 3.8) is 0 Å². The monoisotopic (exact) mass is 468 g/mol. The molecule has 34 heavy (non-hydrogen) atoms. The smallest absolute Gasteiger partial charge is 0.254 e. The maximum absolute atomic E-state index is 13.7. The SMILES string of the molecule is Cc1ccc(C(=O)N2CC(N(CC(C)C)CC3CCCCC3)CC2C(=O)N2CCNCC2)cc1. The van der Waals surface area contributed by atoms with E-state index >= 15 is 0 Å². The maximum atomic E-state index is 13.7. The molecule has 2 amide bonds. The number of piperazine rings is 1. The molecule has 0 spiro atoms. The Morgan fingerprint density at radius 3 is 2.38 bits per heavy atom. The van der Waals surface area contributed by atoms with Crippen LogP contribution in [0.5, 0.6) is 0 Å². The molecule has 3 fully saturated rings. The van der Waals surface area contributed by atoms with Gasteiger partial charge in [0.2, 0.25) is 5.91 Å². The molecule has 6 heteroatoms. The number of amides is 2. The molecule has 1 N–H and O–H groups in total. The van der Waals surface area contributed by atoms with E-state index in [4.69, 9.17) is 0 Å². The highest BCUT2D eigenvalue weighted by molar-refractivity contribution is 5.98. The summed E-state index contributed by atoms with van der Waals surface area (Å²) in [6.07, 6.45) is 7.43. The van der Waals surface area contributed by atoms with Gasteiger partial charge in [-0.15, -0.1) is 0 Å². The molecule has 4 rings (SSSR count). The Morgan fingerprint density at radius 2 is 1.74 bits per heavy atom. The van der Waals surface area contributed by atoms with E-state index in [1.165, 1.54) is 32.1 Å². The Labute approximate surface area is 206 Å². The third-order valence-corrected chi connectivity index (χ3v) is 7.89. The van der Waals surface area contributed by atoms with Crippen molar-refractivity contribution >= 4 is 11.8 Å². The third-order valence-electron chi connectivity index (χ3n) is 7.89. The summed E-state index contributed by atoms with van der Waals surface area (Å²) in [5.74, 6) is 1.44. The van der Waals surface area contributed by atoms with Crippen molar-refractivity contribution in [1.29, 1.82) is 0 Å². The van der Waals surface area contributed by atoms with Crippen molar-refractivity contribution in [3.8, 4) is 0 Å². The van der Waals surface area contributed by atoms with Crippen LogP contribution in [0.15, 0.2) is 24.3 Å². The Bertz CT molecular complexity index is 812. The Hall–Kier alpha value is -1.92. The fourth-order valence-corrected chi connectivity index (χ4v) is 6.04. The molecule has 1 aromatic rings. The minimum atomic E-state index is -0.363. The fraction of sp³-hybridized carbons (Fsp3) is 0.714. The van der Waals surface area contributed by atoms with Gasteiger partial charge in [0.05, 0.1) is 0 Å². The standard InChI is InChI=1S/C28H44N4O2/c1-21(2)18-31(19-23-7-5-4-6-8-23)25-17-26(28(34)30-15-13-29-14-16-30)32(20-25)27(33)24-11-9-22(3)10-12-24/h9-12,21,23,25-26,29H,4-8,13-20H2,1-3H3. The van der Waals surface area contributed by atoms with Crippen LogP contribution in [0.3, 0.4) is 0 Å². The van der Waals surface area contributed by atoms with Crippen LogP contribution in [-0.4, -0.2) is 84.4 Å². The Balaban J connectivity index is 1.55. The number of carbonyl (C=O) groups excluding carboxylic acids is 2. The topological polar surface area (TPSA) is 55.9 Å². The molecule has 2 heterocycles. The molecular weight excluding hydrogens is 424 g/mol. The quantitative estimate of drug-likeness (QED) is 0.665. The number of likely N-dealkylation sites (tertiary alicyclic amines) is 1. The molecule has 3 aliphatic rings. The fourth-order valence-electron chi connectivity index (χ4n) is 6.04. The summed E-state index contributed by atoms with van der Waals surface area (Å²) in [7, 11) is 0. The normalized spacial score (nSPS) is 24.3. The summed E-state index contributed by atoms with van der Waals surface area (Å²) in [6.45, 7) is 12.5. The first kappa shape index (κ1) is 25.2. The second-order valence-corrected chi connectivity index (χ2v) is 11.2. The molecule has 188 valence electrons. The van der Waals surface area contributed by atoms with Crippen molar-refractivity contribution in [2.45, 2.75) is 71.4 Å². The van der Waals surface area contributed by atoms with Gasteiger partial charge >= 0.3 is 0 Å². The van der Waals surface area contributed by atoms with E-state index in [2.05, 4.69) is 24.1 Å². The molecular formula is C28H44N4O2. The number of aryl methyl sites for hydroxylation is 1. The predicted molar refractivity (Wildman–Crippen MR) is 137 cm³/mol.